The highest BCUT2D eigenvalue weighted by Crippen LogP contribution is 2.34. The summed E-state index contributed by atoms with van der Waals surface area (Å²) in [6, 6.07) is -0.313. The van der Waals surface area contributed by atoms with E-state index in [9.17, 15) is 19.5 Å². The summed E-state index contributed by atoms with van der Waals surface area (Å²) in [5.74, 6) is -1.17. The number of amides is 3. The van der Waals surface area contributed by atoms with Crippen molar-refractivity contribution in [2.45, 2.75) is 33.6 Å². The number of piperidine rings is 1. The SMILES string of the molecule is CCNC(=O)CNC(=O)N1CCCC(C(C)(C)C(=O)O)C1. The average Bonchev–Trinajstić information content (AvgIpc) is 2.45. The molecule has 0 spiro atoms. The zero-order chi connectivity index (χ0) is 16.0. The topological polar surface area (TPSA) is 98.7 Å². The first-order valence-corrected chi connectivity index (χ1v) is 7.31. The molecule has 3 amide bonds. The van der Waals surface area contributed by atoms with E-state index < -0.39 is 11.4 Å². The van der Waals surface area contributed by atoms with E-state index in [1.807, 2.05) is 6.92 Å². The quantitative estimate of drug-likeness (QED) is 0.694. The van der Waals surface area contributed by atoms with E-state index in [-0.39, 0.29) is 24.4 Å². The Morgan fingerprint density at radius 1 is 1.29 bits per heavy atom. The van der Waals surface area contributed by atoms with Gasteiger partial charge < -0.3 is 20.6 Å². The molecule has 0 radical (unpaired) electrons. The maximum absolute atomic E-state index is 12.0. The molecule has 1 atom stereocenters. The second kappa shape index (κ2) is 7.28. The zero-order valence-corrected chi connectivity index (χ0v) is 12.9. The molecule has 7 heteroatoms. The van der Waals surface area contributed by atoms with Crippen LogP contribution in [0.5, 0.6) is 0 Å². The molecule has 3 N–H and O–H groups in total. The highest BCUT2D eigenvalue weighted by atomic mass is 16.4. The van der Waals surface area contributed by atoms with E-state index >= 15 is 0 Å². The van der Waals surface area contributed by atoms with Crippen molar-refractivity contribution in [2.24, 2.45) is 11.3 Å². The Morgan fingerprint density at radius 2 is 1.95 bits per heavy atom. The van der Waals surface area contributed by atoms with E-state index in [0.717, 1.165) is 12.8 Å². The molecule has 1 unspecified atom stereocenters. The number of urea groups is 1. The minimum Gasteiger partial charge on any atom is -0.481 e. The molecule has 0 aromatic heterocycles. The van der Waals surface area contributed by atoms with Gasteiger partial charge in [-0.15, -0.1) is 0 Å². The van der Waals surface area contributed by atoms with Crippen molar-refractivity contribution in [1.82, 2.24) is 15.5 Å². The van der Waals surface area contributed by atoms with Crippen LogP contribution in [0.15, 0.2) is 0 Å². The number of nitrogens with zero attached hydrogens (tertiary/aromatic N) is 1. The second-order valence-corrected chi connectivity index (χ2v) is 5.92. The number of hydrogen-bond donors (Lipinski definition) is 3. The number of likely N-dealkylation sites (tertiary alicyclic amines) is 1. The van der Waals surface area contributed by atoms with Crippen LogP contribution in [0.25, 0.3) is 0 Å². The number of aliphatic carboxylic acids is 1. The number of carboxylic acids is 1. The molecule has 7 nitrogen and oxygen atoms in total. The van der Waals surface area contributed by atoms with E-state index in [2.05, 4.69) is 10.6 Å². The van der Waals surface area contributed by atoms with Gasteiger partial charge in [-0.1, -0.05) is 0 Å². The molecular weight excluding hydrogens is 274 g/mol. The van der Waals surface area contributed by atoms with Crippen LogP contribution < -0.4 is 10.6 Å². The summed E-state index contributed by atoms with van der Waals surface area (Å²) in [5, 5.41) is 14.4. The largest absolute Gasteiger partial charge is 0.481 e. The highest BCUT2D eigenvalue weighted by Gasteiger charge is 2.39. The molecule has 1 heterocycles. The van der Waals surface area contributed by atoms with Crippen LogP contribution in [0.2, 0.25) is 0 Å². The molecule has 120 valence electrons. The lowest BCUT2D eigenvalue weighted by atomic mass is 9.74. The first kappa shape index (κ1) is 17.3. The van der Waals surface area contributed by atoms with Gasteiger partial charge in [0, 0.05) is 19.6 Å². The number of carbonyl (C=O) groups is 3. The van der Waals surface area contributed by atoms with E-state index in [1.165, 1.54) is 0 Å². The lowest BCUT2D eigenvalue weighted by molar-refractivity contribution is -0.151. The Bertz CT molecular complexity index is 409. The van der Waals surface area contributed by atoms with Gasteiger partial charge in [0.25, 0.3) is 0 Å². The van der Waals surface area contributed by atoms with Crippen LogP contribution in [-0.4, -0.2) is 54.1 Å². The van der Waals surface area contributed by atoms with Crippen LogP contribution in [0.4, 0.5) is 4.79 Å². The summed E-state index contributed by atoms with van der Waals surface area (Å²) in [6.45, 7) is 6.65. The molecular formula is C14H25N3O4. The van der Waals surface area contributed by atoms with Crippen LogP contribution in [0, 0.1) is 11.3 Å². The van der Waals surface area contributed by atoms with Crippen molar-refractivity contribution in [3.8, 4) is 0 Å². The third-order valence-corrected chi connectivity index (χ3v) is 4.05. The normalized spacial score (nSPS) is 19.0. The fraction of sp³-hybridized carbons (Fsp3) is 0.786. The van der Waals surface area contributed by atoms with Gasteiger partial charge in [-0.2, -0.15) is 0 Å². The van der Waals surface area contributed by atoms with Gasteiger partial charge in [0.05, 0.1) is 12.0 Å². The number of hydrogen-bond acceptors (Lipinski definition) is 3. The number of carboxylic acid groups (broad SMARTS) is 1. The fourth-order valence-electron chi connectivity index (χ4n) is 2.45. The molecule has 1 saturated heterocycles. The minimum atomic E-state index is -0.863. The standard InChI is InChI=1S/C14H25N3O4/c1-4-15-11(18)8-16-13(21)17-7-5-6-10(9-17)14(2,3)12(19)20/h10H,4-9H2,1-3H3,(H,15,18)(H,16,21)(H,19,20). The number of likely N-dealkylation sites (N-methyl/N-ethyl adjacent to an activating group) is 1. The first-order chi connectivity index (χ1) is 9.78. The molecule has 0 aromatic rings. The Balaban J connectivity index is 2.54. The smallest absolute Gasteiger partial charge is 0.317 e. The van der Waals surface area contributed by atoms with Crippen molar-refractivity contribution in [3.05, 3.63) is 0 Å². The Labute approximate surface area is 125 Å². The average molecular weight is 299 g/mol. The van der Waals surface area contributed by atoms with E-state index in [1.54, 1.807) is 18.7 Å². The van der Waals surface area contributed by atoms with Crippen molar-refractivity contribution >= 4 is 17.9 Å². The summed E-state index contributed by atoms with van der Waals surface area (Å²) < 4.78 is 0. The van der Waals surface area contributed by atoms with Crippen LogP contribution in [0.1, 0.15) is 33.6 Å². The molecule has 1 fully saturated rings. The van der Waals surface area contributed by atoms with Crippen molar-refractivity contribution in [1.29, 1.82) is 0 Å². The Morgan fingerprint density at radius 3 is 2.52 bits per heavy atom. The van der Waals surface area contributed by atoms with Crippen LogP contribution in [0.3, 0.4) is 0 Å². The maximum Gasteiger partial charge on any atom is 0.317 e. The monoisotopic (exact) mass is 299 g/mol. The second-order valence-electron chi connectivity index (χ2n) is 5.92. The first-order valence-electron chi connectivity index (χ1n) is 7.31. The zero-order valence-electron chi connectivity index (χ0n) is 12.9. The molecule has 21 heavy (non-hydrogen) atoms. The summed E-state index contributed by atoms with van der Waals surface area (Å²) in [7, 11) is 0. The van der Waals surface area contributed by atoms with Crippen molar-refractivity contribution < 1.29 is 19.5 Å². The Kier molecular flexibility index (Phi) is 5.99. The van der Waals surface area contributed by atoms with Gasteiger partial charge in [-0.25, -0.2) is 4.79 Å². The highest BCUT2D eigenvalue weighted by molar-refractivity contribution is 5.84. The summed E-state index contributed by atoms with van der Waals surface area (Å²) in [4.78, 5) is 36.3. The van der Waals surface area contributed by atoms with Crippen molar-refractivity contribution in [3.63, 3.8) is 0 Å². The fourth-order valence-corrected chi connectivity index (χ4v) is 2.45. The Hall–Kier alpha value is -1.79. The van der Waals surface area contributed by atoms with Gasteiger partial charge in [0.1, 0.15) is 0 Å². The third-order valence-electron chi connectivity index (χ3n) is 4.05. The van der Waals surface area contributed by atoms with E-state index in [0.29, 0.717) is 19.6 Å². The third kappa shape index (κ3) is 4.61. The summed E-state index contributed by atoms with van der Waals surface area (Å²) in [5.41, 5.74) is -0.863. The molecule has 0 saturated carbocycles. The van der Waals surface area contributed by atoms with Gasteiger partial charge in [0.15, 0.2) is 0 Å². The van der Waals surface area contributed by atoms with Gasteiger partial charge >= 0.3 is 12.0 Å². The molecule has 0 bridgehead atoms. The predicted octanol–water partition coefficient (Wildman–Crippen LogP) is 0.655. The predicted molar refractivity (Wildman–Crippen MR) is 77.8 cm³/mol. The molecule has 0 aliphatic carbocycles. The number of nitrogens with one attached hydrogen (secondary N) is 2. The molecule has 0 aromatic carbocycles. The number of rotatable bonds is 5. The molecule has 1 aliphatic heterocycles. The minimum absolute atomic E-state index is 0.0594. The van der Waals surface area contributed by atoms with Gasteiger partial charge in [0.2, 0.25) is 5.91 Å². The summed E-state index contributed by atoms with van der Waals surface area (Å²) >= 11 is 0. The van der Waals surface area contributed by atoms with Crippen LogP contribution >= 0.6 is 0 Å². The van der Waals surface area contributed by atoms with Crippen molar-refractivity contribution in [2.75, 3.05) is 26.2 Å². The maximum atomic E-state index is 12.0. The van der Waals surface area contributed by atoms with Gasteiger partial charge in [-0.05, 0) is 39.5 Å². The summed E-state index contributed by atoms with van der Waals surface area (Å²) in [6.07, 6.45) is 1.56. The number of carbonyl (C=O) groups excluding carboxylic acids is 2. The molecule has 1 rings (SSSR count). The molecule has 1 aliphatic rings. The van der Waals surface area contributed by atoms with Gasteiger partial charge in [-0.3, -0.25) is 9.59 Å². The lowest BCUT2D eigenvalue weighted by Crippen LogP contribution is -2.51. The lowest BCUT2D eigenvalue weighted by Gasteiger charge is -2.39. The van der Waals surface area contributed by atoms with E-state index in [4.69, 9.17) is 0 Å². The van der Waals surface area contributed by atoms with Crippen LogP contribution in [-0.2, 0) is 9.59 Å².